The predicted molar refractivity (Wildman–Crippen MR) is 79.8 cm³/mol. The molecular weight excluding hydrogens is 248 g/mol. The fraction of sp³-hybridized carbons (Fsp3) is 0.118. The van der Waals surface area contributed by atoms with Crippen molar-refractivity contribution in [2.24, 2.45) is 0 Å². The van der Waals surface area contributed by atoms with Gasteiger partial charge in [0.25, 0.3) is 0 Å². The number of hydrogen-bond donors (Lipinski definition) is 1. The fourth-order valence-corrected chi connectivity index (χ4v) is 2.18. The zero-order chi connectivity index (χ0) is 13.8. The number of aromatic amines is 1. The minimum absolute atomic E-state index is 0.837. The van der Waals surface area contributed by atoms with Crippen molar-refractivity contribution in [2.45, 2.75) is 6.42 Å². The Labute approximate surface area is 118 Å². The number of benzene rings is 2. The number of rotatable bonds is 4. The van der Waals surface area contributed by atoms with Crippen molar-refractivity contribution in [1.29, 1.82) is 0 Å². The lowest BCUT2D eigenvalue weighted by Gasteiger charge is -2.02. The third-order valence-electron chi connectivity index (χ3n) is 3.21. The molecule has 0 radical (unpaired) electrons. The summed E-state index contributed by atoms with van der Waals surface area (Å²) in [5.41, 5.74) is 3.41. The van der Waals surface area contributed by atoms with Crippen molar-refractivity contribution >= 4 is 0 Å². The maximum absolute atomic E-state index is 5.24. The number of nitrogens with zero attached hydrogens (tertiary/aromatic N) is 1. The second-order valence-corrected chi connectivity index (χ2v) is 4.65. The molecule has 0 amide bonds. The first-order chi connectivity index (χ1) is 9.85. The lowest BCUT2D eigenvalue weighted by atomic mass is 10.1. The van der Waals surface area contributed by atoms with Crippen LogP contribution in [0.25, 0.3) is 11.4 Å². The quantitative estimate of drug-likeness (QED) is 0.780. The fourth-order valence-electron chi connectivity index (χ4n) is 2.18. The third kappa shape index (κ3) is 2.72. The van der Waals surface area contributed by atoms with Crippen molar-refractivity contribution in [2.75, 3.05) is 7.11 Å². The standard InChI is InChI=1S/C17H16N2O/c1-20-16-9-5-8-14(11-16)17-18-12-15(19-17)10-13-6-3-2-4-7-13/h2-9,11-12H,10H2,1H3,(H,18,19). The third-order valence-corrected chi connectivity index (χ3v) is 3.21. The highest BCUT2D eigenvalue weighted by Gasteiger charge is 2.05. The van der Waals surface area contributed by atoms with E-state index in [9.17, 15) is 0 Å². The van der Waals surface area contributed by atoms with Crippen LogP contribution in [-0.4, -0.2) is 17.1 Å². The van der Waals surface area contributed by atoms with Crippen LogP contribution in [0.15, 0.2) is 60.8 Å². The Balaban J connectivity index is 1.83. The highest BCUT2D eigenvalue weighted by molar-refractivity contribution is 5.57. The van der Waals surface area contributed by atoms with Crippen molar-refractivity contribution < 1.29 is 4.74 Å². The normalized spacial score (nSPS) is 10.4. The van der Waals surface area contributed by atoms with Crippen molar-refractivity contribution in [3.63, 3.8) is 0 Å². The number of hydrogen-bond acceptors (Lipinski definition) is 2. The Morgan fingerprint density at radius 3 is 2.70 bits per heavy atom. The Morgan fingerprint density at radius 2 is 1.90 bits per heavy atom. The van der Waals surface area contributed by atoms with E-state index >= 15 is 0 Å². The van der Waals surface area contributed by atoms with Gasteiger partial charge in [0.1, 0.15) is 11.6 Å². The Bertz CT molecular complexity index is 689. The van der Waals surface area contributed by atoms with Gasteiger partial charge < -0.3 is 9.72 Å². The topological polar surface area (TPSA) is 37.9 Å². The summed E-state index contributed by atoms with van der Waals surface area (Å²) >= 11 is 0. The molecule has 20 heavy (non-hydrogen) atoms. The van der Waals surface area contributed by atoms with E-state index in [2.05, 4.69) is 34.2 Å². The molecule has 0 spiro atoms. The van der Waals surface area contributed by atoms with Crippen LogP contribution in [0, 0.1) is 0 Å². The molecule has 0 bridgehead atoms. The zero-order valence-electron chi connectivity index (χ0n) is 11.3. The largest absolute Gasteiger partial charge is 0.497 e. The molecule has 0 saturated carbocycles. The molecule has 3 rings (SSSR count). The minimum atomic E-state index is 0.837. The predicted octanol–water partition coefficient (Wildman–Crippen LogP) is 3.68. The number of ether oxygens (including phenoxy) is 1. The first kappa shape index (κ1) is 12.5. The summed E-state index contributed by atoms with van der Waals surface area (Å²) in [4.78, 5) is 7.81. The molecule has 2 aromatic carbocycles. The number of H-pyrrole nitrogens is 1. The van der Waals surface area contributed by atoms with Gasteiger partial charge >= 0.3 is 0 Å². The molecule has 1 N–H and O–H groups in total. The average Bonchev–Trinajstić information content (AvgIpc) is 2.97. The minimum Gasteiger partial charge on any atom is -0.497 e. The van der Waals surface area contributed by atoms with E-state index < -0.39 is 0 Å². The van der Waals surface area contributed by atoms with E-state index in [0.717, 1.165) is 29.3 Å². The van der Waals surface area contributed by atoms with Crippen LogP contribution in [0.1, 0.15) is 11.3 Å². The van der Waals surface area contributed by atoms with Gasteiger partial charge in [-0.3, -0.25) is 0 Å². The number of nitrogens with one attached hydrogen (secondary N) is 1. The van der Waals surface area contributed by atoms with Gasteiger partial charge in [-0.2, -0.15) is 0 Å². The molecule has 0 unspecified atom stereocenters. The molecule has 0 saturated heterocycles. The summed E-state index contributed by atoms with van der Waals surface area (Å²) in [5.74, 6) is 1.71. The zero-order valence-corrected chi connectivity index (χ0v) is 11.3. The van der Waals surface area contributed by atoms with Crippen LogP contribution in [0.2, 0.25) is 0 Å². The smallest absolute Gasteiger partial charge is 0.137 e. The van der Waals surface area contributed by atoms with Gasteiger partial charge in [-0.25, -0.2) is 4.98 Å². The molecule has 0 aliphatic carbocycles. The molecule has 0 aliphatic rings. The van der Waals surface area contributed by atoms with E-state index in [4.69, 9.17) is 4.74 Å². The molecule has 1 heterocycles. The first-order valence-electron chi connectivity index (χ1n) is 6.57. The number of aromatic nitrogens is 2. The van der Waals surface area contributed by atoms with Gasteiger partial charge in [-0.05, 0) is 17.7 Å². The molecule has 100 valence electrons. The molecule has 3 heteroatoms. The molecule has 3 aromatic rings. The summed E-state index contributed by atoms with van der Waals surface area (Å²) in [6.45, 7) is 0. The Kier molecular flexibility index (Phi) is 3.50. The van der Waals surface area contributed by atoms with Gasteiger partial charge in [-0.1, -0.05) is 42.5 Å². The Morgan fingerprint density at radius 1 is 1.05 bits per heavy atom. The Hall–Kier alpha value is -2.55. The second kappa shape index (κ2) is 5.61. The highest BCUT2D eigenvalue weighted by Crippen LogP contribution is 2.21. The number of imidazole rings is 1. The van der Waals surface area contributed by atoms with Gasteiger partial charge in [-0.15, -0.1) is 0 Å². The van der Waals surface area contributed by atoms with Crippen molar-refractivity contribution in [1.82, 2.24) is 9.97 Å². The molecule has 0 aliphatic heterocycles. The summed E-state index contributed by atoms with van der Waals surface area (Å²) in [5, 5.41) is 0. The molecule has 0 fully saturated rings. The van der Waals surface area contributed by atoms with Gasteiger partial charge in [0.05, 0.1) is 7.11 Å². The van der Waals surface area contributed by atoms with Crippen molar-refractivity contribution in [3.05, 3.63) is 72.1 Å². The second-order valence-electron chi connectivity index (χ2n) is 4.65. The van der Waals surface area contributed by atoms with Gasteiger partial charge in [0, 0.05) is 23.9 Å². The summed E-state index contributed by atoms with van der Waals surface area (Å²) in [6, 6.07) is 18.3. The van der Waals surface area contributed by atoms with E-state index in [1.807, 2.05) is 36.5 Å². The monoisotopic (exact) mass is 264 g/mol. The van der Waals surface area contributed by atoms with Crippen LogP contribution in [0.5, 0.6) is 5.75 Å². The van der Waals surface area contributed by atoms with E-state index in [-0.39, 0.29) is 0 Å². The molecule has 0 atom stereocenters. The van der Waals surface area contributed by atoms with Crippen LogP contribution in [0.4, 0.5) is 0 Å². The highest BCUT2D eigenvalue weighted by atomic mass is 16.5. The van der Waals surface area contributed by atoms with E-state index in [1.165, 1.54) is 5.56 Å². The molecule has 3 nitrogen and oxygen atoms in total. The van der Waals surface area contributed by atoms with Gasteiger partial charge in [0.2, 0.25) is 0 Å². The number of methoxy groups -OCH3 is 1. The maximum Gasteiger partial charge on any atom is 0.137 e. The van der Waals surface area contributed by atoms with Gasteiger partial charge in [0.15, 0.2) is 0 Å². The first-order valence-corrected chi connectivity index (χ1v) is 6.57. The van der Waals surface area contributed by atoms with Crippen molar-refractivity contribution in [3.8, 4) is 17.1 Å². The van der Waals surface area contributed by atoms with Crippen LogP contribution in [0.3, 0.4) is 0 Å². The van der Waals surface area contributed by atoms with Crippen LogP contribution >= 0.6 is 0 Å². The lowest BCUT2D eigenvalue weighted by Crippen LogP contribution is -1.88. The SMILES string of the molecule is COc1cccc(-c2ncc(Cc3ccccc3)[nH]2)c1. The van der Waals surface area contributed by atoms with Crippen LogP contribution < -0.4 is 4.74 Å². The lowest BCUT2D eigenvalue weighted by molar-refractivity contribution is 0.415. The molecule has 1 aromatic heterocycles. The average molecular weight is 264 g/mol. The van der Waals surface area contributed by atoms with E-state index in [1.54, 1.807) is 7.11 Å². The summed E-state index contributed by atoms with van der Waals surface area (Å²) in [7, 11) is 1.67. The van der Waals surface area contributed by atoms with Crippen LogP contribution in [-0.2, 0) is 6.42 Å². The summed E-state index contributed by atoms with van der Waals surface area (Å²) < 4.78 is 5.24. The molecular formula is C17H16N2O. The summed E-state index contributed by atoms with van der Waals surface area (Å²) in [6.07, 6.45) is 2.75. The van der Waals surface area contributed by atoms with E-state index in [0.29, 0.717) is 0 Å². The maximum atomic E-state index is 5.24.